The Morgan fingerprint density at radius 3 is 2.52 bits per heavy atom. The van der Waals surface area contributed by atoms with Crippen LogP contribution in [0.1, 0.15) is 11.1 Å². The van der Waals surface area contributed by atoms with Gasteiger partial charge >= 0.3 is 0 Å². The molecular weight excluding hydrogens is 354 g/mol. The zero-order chi connectivity index (χ0) is 16.1. The van der Waals surface area contributed by atoms with Crippen molar-refractivity contribution in [1.29, 1.82) is 0 Å². The third-order valence-electron chi connectivity index (χ3n) is 3.95. The van der Waals surface area contributed by atoms with E-state index in [1.54, 1.807) is 12.3 Å². The number of piperazine rings is 1. The minimum absolute atomic E-state index is 0.250. The zero-order valence-corrected chi connectivity index (χ0v) is 14.5. The molecule has 1 aliphatic rings. The third-order valence-corrected chi connectivity index (χ3v) is 4.44. The van der Waals surface area contributed by atoms with Crippen molar-refractivity contribution in [1.82, 2.24) is 9.91 Å². The SMILES string of the molecule is Oc1ccc(Br)cc1/C=N\N1CCN(Cc2ccccc2)CC1. The van der Waals surface area contributed by atoms with Gasteiger partial charge in [0.2, 0.25) is 0 Å². The summed E-state index contributed by atoms with van der Waals surface area (Å²) >= 11 is 3.41. The van der Waals surface area contributed by atoms with Crippen molar-refractivity contribution < 1.29 is 5.11 Å². The van der Waals surface area contributed by atoms with Crippen molar-refractivity contribution in [3.05, 3.63) is 64.1 Å². The van der Waals surface area contributed by atoms with Crippen molar-refractivity contribution in [2.24, 2.45) is 5.10 Å². The van der Waals surface area contributed by atoms with Gasteiger partial charge in [0.05, 0.1) is 6.21 Å². The lowest BCUT2D eigenvalue weighted by Gasteiger charge is -2.33. The molecular formula is C18H20BrN3O. The molecule has 1 fully saturated rings. The number of hydrogen-bond donors (Lipinski definition) is 1. The summed E-state index contributed by atoms with van der Waals surface area (Å²) in [4.78, 5) is 2.44. The number of halogens is 1. The molecule has 0 unspecified atom stereocenters. The highest BCUT2D eigenvalue weighted by molar-refractivity contribution is 9.10. The molecule has 120 valence electrons. The highest BCUT2D eigenvalue weighted by Crippen LogP contribution is 2.20. The van der Waals surface area contributed by atoms with Crippen LogP contribution in [0.5, 0.6) is 5.75 Å². The summed E-state index contributed by atoms with van der Waals surface area (Å²) in [5, 5.41) is 16.4. The summed E-state index contributed by atoms with van der Waals surface area (Å²) in [6.45, 7) is 4.79. The van der Waals surface area contributed by atoms with E-state index in [-0.39, 0.29) is 5.75 Å². The summed E-state index contributed by atoms with van der Waals surface area (Å²) in [5.41, 5.74) is 2.08. The summed E-state index contributed by atoms with van der Waals surface area (Å²) in [5.74, 6) is 0.250. The number of phenols is 1. The molecule has 0 spiro atoms. The number of nitrogens with zero attached hydrogens (tertiary/aromatic N) is 3. The first kappa shape index (κ1) is 16.0. The zero-order valence-electron chi connectivity index (χ0n) is 12.9. The summed E-state index contributed by atoms with van der Waals surface area (Å²) in [6, 6.07) is 15.9. The van der Waals surface area contributed by atoms with Gasteiger partial charge in [0, 0.05) is 42.8 Å². The Bertz CT molecular complexity index is 667. The van der Waals surface area contributed by atoms with Crippen LogP contribution in [0.25, 0.3) is 0 Å². The average molecular weight is 374 g/mol. The maximum absolute atomic E-state index is 9.83. The molecule has 1 aliphatic heterocycles. The fourth-order valence-electron chi connectivity index (χ4n) is 2.63. The first-order chi connectivity index (χ1) is 11.2. The quantitative estimate of drug-likeness (QED) is 0.835. The predicted molar refractivity (Wildman–Crippen MR) is 96.7 cm³/mol. The first-order valence-corrected chi connectivity index (χ1v) is 8.54. The summed E-state index contributed by atoms with van der Waals surface area (Å²) < 4.78 is 0.935. The van der Waals surface area contributed by atoms with Crippen LogP contribution >= 0.6 is 15.9 Å². The molecule has 2 aromatic carbocycles. The molecule has 2 aromatic rings. The maximum Gasteiger partial charge on any atom is 0.124 e. The standard InChI is InChI=1S/C18H20BrN3O/c19-17-6-7-18(23)16(12-17)13-20-22-10-8-21(9-11-22)14-15-4-2-1-3-5-15/h1-7,12-13,23H,8-11,14H2/b20-13-. The van der Waals surface area contributed by atoms with Gasteiger partial charge in [0.1, 0.15) is 5.75 Å². The Morgan fingerprint density at radius 1 is 1.04 bits per heavy atom. The molecule has 0 atom stereocenters. The van der Waals surface area contributed by atoms with Gasteiger partial charge in [-0.2, -0.15) is 5.10 Å². The van der Waals surface area contributed by atoms with Gasteiger partial charge in [-0.15, -0.1) is 0 Å². The van der Waals surface area contributed by atoms with Crippen molar-refractivity contribution in [2.45, 2.75) is 6.54 Å². The van der Waals surface area contributed by atoms with E-state index in [9.17, 15) is 5.11 Å². The molecule has 1 N–H and O–H groups in total. The van der Waals surface area contributed by atoms with E-state index in [1.807, 2.05) is 18.2 Å². The van der Waals surface area contributed by atoms with Gasteiger partial charge in [-0.3, -0.25) is 9.91 Å². The molecule has 0 aliphatic carbocycles. The minimum atomic E-state index is 0.250. The Morgan fingerprint density at radius 2 is 1.78 bits per heavy atom. The molecule has 0 amide bonds. The lowest BCUT2D eigenvalue weighted by atomic mass is 10.2. The monoisotopic (exact) mass is 373 g/mol. The lowest BCUT2D eigenvalue weighted by molar-refractivity contribution is 0.131. The molecule has 0 aromatic heterocycles. The van der Waals surface area contributed by atoms with Crippen molar-refractivity contribution in [3.8, 4) is 5.75 Å². The minimum Gasteiger partial charge on any atom is -0.507 e. The smallest absolute Gasteiger partial charge is 0.124 e. The van der Waals surface area contributed by atoms with E-state index in [1.165, 1.54) is 5.56 Å². The molecule has 0 saturated carbocycles. The van der Waals surface area contributed by atoms with Crippen molar-refractivity contribution in [3.63, 3.8) is 0 Å². The Balaban J connectivity index is 1.53. The second kappa shape index (κ2) is 7.62. The van der Waals surface area contributed by atoms with E-state index >= 15 is 0 Å². The normalized spacial score (nSPS) is 16.1. The molecule has 3 rings (SSSR count). The summed E-state index contributed by atoms with van der Waals surface area (Å²) in [6.07, 6.45) is 1.73. The van der Waals surface area contributed by atoms with Crippen LogP contribution in [0.4, 0.5) is 0 Å². The van der Waals surface area contributed by atoms with Crippen LogP contribution in [-0.2, 0) is 6.54 Å². The van der Waals surface area contributed by atoms with Crippen LogP contribution in [-0.4, -0.2) is 47.4 Å². The van der Waals surface area contributed by atoms with Crippen molar-refractivity contribution >= 4 is 22.1 Å². The fourth-order valence-corrected chi connectivity index (χ4v) is 3.00. The van der Waals surface area contributed by atoms with Crippen LogP contribution in [0.3, 0.4) is 0 Å². The largest absolute Gasteiger partial charge is 0.507 e. The van der Waals surface area contributed by atoms with E-state index in [2.05, 4.69) is 55.2 Å². The second-order valence-corrected chi connectivity index (χ2v) is 6.58. The number of phenolic OH excluding ortho intramolecular Hbond substituents is 1. The Labute approximate surface area is 145 Å². The van der Waals surface area contributed by atoms with Gasteiger partial charge in [-0.25, -0.2) is 0 Å². The van der Waals surface area contributed by atoms with E-state index in [4.69, 9.17) is 0 Å². The van der Waals surface area contributed by atoms with Crippen LogP contribution in [0, 0.1) is 0 Å². The molecule has 0 bridgehead atoms. The topological polar surface area (TPSA) is 39.1 Å². The second-order valence-electron chi connectivity index (χ2n) is 5.66. The molecule has 23 heavy (non-hydrogen) atoms. The van der Waals surface area contributed by atoms with Crippen molar-refractivity contribution in [2.75, 3.05) is 26.2 Å². The van der Waals surface area contributed by atoms with E-state index < -0.39 is 0 Å². The summed E-state index contributed by atoms with van der Waals surface area (Å²) in [7, 11) is 0. The number of hydrazone groups is 1. The molecule has 5 heteroatoms. The first-order valence-electron chi connectivity index (χ1n) is 7.74. The van der Waals surface area contributed by atoms with Crippen LogP contribution in [0.2, 0.25) is 0 Å². The number of aromatic hydroxyl groups is 1. The van der Waals surface area contributed by atoms with E-state index in [0.29, 0.717) is 0 Å². The average Bonchev–Trinajstić information content (AvgIpc) is 2.58. The maximum atomic E-state index is 9.83. The molecule has 0 radical (unpaired) electrons. The fraction of sp³-hybridized carbons (Fsp3) is 0.278. The van der Waals surface area contributed by atoms with Crippen LogP contribution < -0.4 is 0 Å². The van der Waals surface area contributed by atoms with Gasteiger partial charge in [-0.05, 0) is 23.8 Å². The Kier molecular flexibility index (Phi) is 5.31. The number of rotatable bonds is 4. The van der Waals surface area contributed by atoms with Gasteiger partial charge in [0.25, 0.3) is 0 Å². The molecule has 1 heterocycles. The highest BCUT2D eigenvalue weighted by Gasteiger charge is 2.15. The molecule has 4 nitrogen and oxygen atoms in total. The van der Waals surface area contributed by atoms with Crippen LogP contribution in [0.15, 0.2) is 58.1 Å². The van der Waals surface area contributed by atoms with E-state index in [0.717, 1.165) is 42.8 Å². The van der Waals surface area contributed by atoms with Gasteiger partial charge in [-0.1, -0.05) is 46.3 Å². The number of benzene rings is 2. The Hall–Kier alpha value is -1.85. The lowest BCUT2D eigenvalue weighted by Crippen LogP contribution is -2.43. The predicted octanol–water partition coefficient (Wildman–Crippen LogP) is 3.31. The third kappa shape index (κ3) is 4.56. The van der Waals surface area contributed by atoms with Gasteiger partial charge in [0.15, 0.2) is 0 Å². The molecule has 1 saturated heterocycles. The number of hydrogen-bond acceptors (Lipinski definition) is 4. The highest BCUT2D eigenvalue weighted by atomic mass is 79.9. The van der Waals surface area contributed by atoms with Gasteiger partial charge < -0.3 is 5.11 Å².